The summed E-state index contributed by atoms with van der Waals surface area (Å²) >= 11 is 0. The Morgan fingerprint density at radius 2 is 1.94 bits per heavy atom. The molecule has 3 rings (SSSR count). The van der Waals surface area contributed by atoms with Gasteiger partial charge in [-0.25, -0.2) is 0 Å². The summed E-state index contributed by atoms with van der Waals surface area (Å²) in [6, 6.07) is 0. The van der Waals surface area contributed by atoms with Crippen molar-refractivity contribution >= 4 is 0 Å². The molecule has 2 heteroatoms. The van der Waals surface area contributed by atoms with Gasteiger partial charge in [-0.3, -0.25) is 0 Å². The molecule has 2 heterocycles. The minimum atomic E-state index is 0.176. The fraction of sp³-hybridized carbons (Fsp3) is 0.857. The maximum Gasteiger partial charge on any atom is 0.126 e. The highest BCUT2D eigenvalue weighted by Gasteiger charge is 2.57. The van der Waals surface area contributed by atoms with Gasteiger partial charge in [0.05, 0.1) is 5.60 Å². The predicted molar refractivity (Wildman–Crippen MR) is 65.2 cm³/mol. The number of nitrogens with zero attached hydrogens (tertiary/aromatic N) is 1. The first kappa shape index (κ1) is 10.6. The van der Waals surface area contributed by atoms with E-state index in [4.69, 9.17) is 4.74 Å². The topological polar surface area (TPSA) is 15.8 Å². The average molecular weight is 221 g/mol. The van der Waals surface area contributed by atoms with Crippen LogP contribution in [0.3, 0.4) is 0 Å². The molecule has 0 aromatic heterocycles. The van der Waals surface area contributed by atoms with Gasteiger partial charge in [0.15, 0.2) is 0 Å². The van der Waals surface area contributed by atoms with Gasteiger partial charge in [-0.15, -0.1) is 0 Å². The summed E-state index contributed by atoms with van der Waals surface area (Å²) in [5.41, 5.74) is 1.68. The van der Waals surface area contributed by atoms with Crippen molar-refractivity contribution in [1.82, 2.24) is 4.90 Å². The lowest BCUT2D eigenvalue weighted by Crippen LogP contribution is -2.32. The van der Waals surface area contributed by atoms with E-state index >= 15 is 0 Å². The van der Waals surface area contributed by atoms with Crippen molar-refractivity contribution in [3.8, 4) is 0 Å². The van der Waals surface area contributed by atoms with Crippen LogP contribution in [0.15, 0.2) is 11.8 Å². The first-order valence-electron chi connectivity index (χ1n) is 6.83. The molecule has 0 aromatic carbocycles. The van der Waals surface area contributed by atoms with Crippen LogP contribution in [0.5, 0.6) is 0 Å². The van der Waals surface area contributed by atoms with Crippen molar-refractivity contribution in [1.29, 1.82) is 0 Å². The Labute approximate surface area is 98.6 Å². The number of hydrogen-bond acceptors (Lipinski definition) is 2. The number of epoxide rings is 1. The summed E-state index contributed by atoms with van der Waals surface area (Å²) in [6.07, 6.45) is 9.61. The van der Waals surface area contributed by atoms with Crippen molar-refractivity contribution in [2.45, 2.75) is 57.7 Å². The second-order valence-corrected chi connectivity index (χ2v) is 5.98. The fourth-order valence-electron chi connectivity index (χ4n) is 3.44. The summed E-state index contributed by atoms with van der Waals surface area (Å²) in [7, 11) is 0. The molecule has 2 aliphatic heterocycles. The molecule has 2 nitrogen and oxygen atoms in total. The number of hydrogen-bond donors (Lipinski definition) is 0. The SMILES string of the molecule is CC1C=C(N2CCCCCC2)C2OC2(C)C1. The van der Waals surface area contributed by atoms with E-state index in [2.05, 4.69) is 24.8 Å². The van der Waals surface area contributed by atoms with Crippen molar-refractivity contribution in [3.63, 3.8) is 0 Å². The molecule has 0 radical (unpaired) electrons. The van der Waals surface area contributed by atoms with Crippen LogP contribution in [0, 0.1) is 5.92 Å². The van der Waals surface area contributed by atoms with Gasteiger partial charge in [-0.05, 0) is 32.1 Å². The summed E-state index contributed by atoms with van der Waals surface area (Å²) in [5, 5.41) is 0. The summed E-state index contributed by atoms with van der Waals surface area (Å²) < 4.78 is 5.93. The van der Waals surface area contributed by atoms with E-state index in [9.17, 15) is 0 Å². The summed E-state index contributed by atoms with van der Waals surface area (Å²) in [4.78, 5) is 2.60. The van der Waals surface area contributed by atoms with E-state index in [1.807, 2.05) is 0 Å². The number of rotatable bonds is 1. The lowest BCUT2D eigenvalue weighted by Gasteiger charge is -2.29. The molecule has 0 bridgehead atoms. The van der Waals surface area contributed by atoms with Gasteiger partial charge >= 0.3 is 0 Å². The molecule has 2 fully saturated rings. The van der Waals surface area contributed by atoms with Gasteiger partial charge in [0, 0.05) is 18.8 Å². The van der Waals surface area contributed by atoms with Crippen LogP contribution in [0.25, 0.3) is 0 Å². The summed E-state index contributed by atoms with van der Waals surface area (Å²) in [6.45, 7) is 7.09. The first-order chi connectivity index (χ1) is 7.69. The third-order valence-electron chi connectivity index (χ3n) is 4.31. The van der Waals surface area contributed by atoms with Crippen LogP contribution in [-0.4, -0.2) is 29.7 Å². The first-order valence-corrected chi connectivity index (χ1v) is 6.83. The van der Waals surface area contributed by atoms with E-state index in [0.717, 1.165) is 0 Å². The Bertz CT molecular complexity index is 304. The molecule has 0 spiro atoms. The standard InChI is InChI=1S/C14H23NO/c1-11-9-12(13-14(2,10-11)16-13)15-7-5-3-4-6-8-15/h9,11,13H,3-8,10H2,1-2H3. The average Bonchev–Trinajstić information content (AvgIpc) is 2.94. The minimum Gasteiger partial charge on any atom is -0.373 e. The molecule has 0 N–H and O–H groups in total. The molecule has 16 heavy (non-hydrogen) atoms. The van der Waals surface area contributed by atoms with Crippen molar-refractivity contribution in [2.75, 3.05) is 13.1 Å². The van der Waals surface area contributed by atoms with Crippen LogP contribution in [0.2, 0.25) is 0 Å². The van der Waals surface area contributed by atoms with Crippen LogP contribution in [0.1, 0.15) is 46.0 Å². The Balaban J connectivity index is 1.77. The largest absolute Gasteiger partial charge is 0.373 e. The highest BCUT2D eigenvalue weighted by Crippen LogP contribution is 2.50. The van der Waals surface area contributed by atoms with Gasteiger partial charge in [-0.1, -0.05) is 25.8 Å². The Kier molecular flexibility index (Phi) is 2.50. The van der Waals surface area contributed by atoms with E-state index < -0.39 is 0 Å². The number of likely N-dealkylation sites (tertiary alicyclic amines) is 1. The van der Waals surface area contributed by atoms with Gasteiger partial charge in [-0.2, -0.15) is 0 Å². The quantitative estimate of drug-likeness (QED) is 0.633. The zero-order chi connectivity index (χ0) is 11.2. The predicted octanol–water partition coefficient (Wildman–Crippen LogP) is 2.94. The van der Waals surface area contributed by atoms with Gasteiger partial charge in [0.2, 0.25) is 0 Å². The van der Waals surface area contributed by atoms with Crippen LogP contribution in [-0.2, 0) is 4.74 Å². The Hall–Kier alpha value is -0.500. The Morgan fingerprint density at radius 3 is 2.62 bits per heavy atom. The Morgan fingerprint density at radius 1 is 1.25 bits per heavy atom. The maximum atomic E-state index is 5.93. The normalized spacial score (nSPS) is 43.4. The number of fused-ring (bicyclic) bond motifs is 1. The molecule has 1 aliphatic carbocycles. The van der Waals surface area contributed by atoms with Crippen LogP contribution in [0.4, 0.5) is 0 Å². The van der Waals surface area contributed by atoms with E-state index in [1.165, 1.54) is 50.9 Å². The van der Waals surface area contributed by atoms with E-state index in [-0.39, 0.29) is 5.60 Å². The fourth-order valence-corrected chi connectivity index (χ4v) is 3.44. The second-order valence-electron chi connectivity index (χ2n) is 5.98. The molecule has 3 aliphatic rings. The van der Waals surface area contributed by atoms with Gasteiger partial charge in [0.25, 0.3) is 0 Å². The minimum absolute atomic E-state index is 0.176. The second kappa shape index (κ2) is 3.76. The monoisotopic (exact) mass is 221 g/mol. The third kappa shape index (κ3) is 1.77. The van der Waals surface area contributed by atoms with E-state index in [1.54, 1.807) is 0 Å². The molecule has 3 atom stereocenters. The molecular weight excluding hydrogens is 198 g/mol. The van der Waals surface area contributed by atoms with Crippen molar-refractivity contribution in [2.24, 2.45) is 5.92 Å². The van der Waals surface area contributed by atoms with E-state index in [0.29, 0.717) is 12.0 Å². The molecule has 0 aromatic rings. The van der Waals surface area contributed by atoms with Crippen LogP contribution >= 0.6 is 0 Å². The lowest BCUT2D eigenvalue weighted by molar-refractivity contribution is 0.284. The molecular formula is C14H23NO. The molecule has 2 saturated heterocycles. The molecule has 0 saturated carbocycles. The van der Waals surface area contributed by atoms with Gasteiger partial charge < -0.3 is 9.64 Å². The number of allylic oxidation sites excluding steroid dienone is 1. The lowest BCUT2D eigenvalue weighted by atomic mass is 9.86. The van der Waals surface area contributed by atoms with Crippen molar-refractivity contribution < 1.29 is 4.74 Å². The molecule has 0 amide bonds. The highest BCUT2D eigenvalue weighted by molar-refractivity contribution is 5.27. The molecule has 90 valence electrons. The maximum absolute atomic E-state index is 5.93. The van der Waals surface area contributed by atoms with Gasteiger partial charge in [0.1, 0.15) is 6.10 Å². The zero-order valence-electron chi connectivity index (χ0n) is 10.5. The van der Waals surface area contributed by atoms with Crippen molar-refractivity contribution in [3.05, 3.63) is 11.8 Å². The third-order valence-corrected chi connectivity index (χ3v) is 4.31. The highest BCUT2D eigenvalue weighted by atomic mass is 16.6. The van der Waals surface area contributed by atoms with Crippen LogP contribution < -0.4 is 0 Å². The zero-order valence-corrected chi connectivity index (χ0v) is 10.5. The molecule has 3 unspecified atom stereocenters. The summed E-state index contributed by atoms with van der Waals surface area (Å²) in [5.74, 6) is 0.682. The number of ether oxygens (including phenoxy) is 1. The smallest absolute Gasteiger partial charge is 0.126 e.